The highest BCUT2D eigenvalue weighted by molar-refractivity contribution is 6.03. The Bertz CT molecular complexity index is 737. The minimum absolute atomic E-state index is 0.260. The van der Waals surface area contributed by atoms with E-state index in [1.807, 2.05) is 0 Å². The number of imidazole rings is 1. The van der Waals surface area contributed by atoms with Gasteiger partial charge in [-0.1, -0.05) is 0 Å². The maximum atomic E-state index is 11.9. The topological polar surface area (TPSA) is 122 Å². The van der Waals surface area contributed by atoms with Gasteiger partial charge in [0, 0.05) is 12.4 Å². The highest BCUT2D eigenvalue weighted by atomic mass is 16.1. The molecule has 0 aliphatic carbocycles. The summed E-state index contributed by atoms with van der Waals surface area (Å²) in [6.45, 7) is 0. The third-order valence-corrected chi connectivity index (χ3v) is 2.47. The summed E-state index contributed by atoms with van der Waals surface area (Å²) in [6, 6.07) is 3.33. The average molecular weight is 255 g/mol. The molecule has 4 N–H and O–H groups in total. The first-order valence-corrected chi connectivity index (χ1v) is 5.41. The number of hydrogen-bond acceptors (Lipinski definition) is 6. The van der Waals surface area contributed by atoms with Gasteiger partial charge in [-0.25, -0.2) is 9.97 Å². The van der Waals surface area contributed by atoms with Gasteiger partial charge in [-0.2, -0.15) is 4.98 Å². The lowest BCUT2D eigenvalue weighted by Gasteiger charge is -2.00. The number of carbonyl (C=O) groups excluding carboxylic acids is 1. The van der Waals surface area contributed by atoms with Gasteiger partial charge in [0.15, 0.2) is 11.5 Å². The molecule has 0 saturated carbocycles. The van der Waals surface area contributed by atoms with Crippen LogP contribution in [0.5, 0.6) is 0 Å². The molecule has 0 saturated heterocycles. The van der Waals surface area contributed by atoms with Crippen LogP contribution in [-0.2, 0) is 0 Å². The number of nitrogens with two attached hydrogens (primary N) is 1. The predicted molar refractivity (Wildman–Crippen MR) is 68.3 cm³/mol. The Kier molecular flexibility index (Phi) is 2.53. The molecule has 8 nitrogen and oxygen atoms in total. The lowest BCUT2D eigenvalue weighted by molar-refractivity contribution is 0.102. The number of nitrogens with zero attached hydrogens (tertiary/aromatic N) is 4. The molecule has 0 aliphatic heterocycles. The molecule has 3 aromatic rings. The lowest BCUT2D eigenvalue weighted by atomic mass is 10.3. The number of aromatic nitrogens is 5. The smallest absolute Gasteiger partial charge is 0.259 e. The molecule has 19 heavy (non-hydrogen) atoms. The summed E-state index contributed by atoms with van der Waals surface area (Å²) in [6.07, 6.45) is 4.37. The van der Waals surface area contributed by atoms with Gasteiger partial charge in [0.25, 0.3) is 5.91 Å². The Labute approximate surface area is 107 Å². The van der Waals surface area contributed by atoms with Crippen LogP contribution in [0.2, 0.25) is 0 Å². The van der Waals surface area contributed by atoms with Crippen LogP contribution in [0.4, 0.5) is 11.8 Å². The Morgan fingerprint density at radius 1 is 1.37 bits per heavy atom. The highest BCUT2D eigenvalue weighted by Gasteiger charge is 2.11. The minimum Gasteiger partial charge on any atom is -0.382 e. The fourth-order valence-electron chi connectivity index (χ4n) is 1.58. The van der Waals surface area contributed by atoms with Crippen LogP contribution < -0.4 is 11.1 Å². The van der Waals surface area contributed by atoms with Crippen molar-refractivity contribution in [1.29, 1.82) is 0 Å². The molecular formula is C11H9N7O. The zero-order valence-corrected chi connectivity index (χ0v) is 9.66. The van der Waals surface area contributed by atoms with Gasteiger partial charge in [-0.3, -0.25) is 15.1 Å². The molecule has 8 heteroatoms. The first-order chi connectivity index (χ1) is 9.24. The van der Waals surface area contributed by atoms with Gasteiger partial charge in [0.05, 0.1) is 5.56 Å². The zero-order chi connectivity index (χ0) is 13.2. The first-order valence-electron chi connectivity index (χ1n) is 5.41. The molecule has 0 unspecified atom stereocenters. The molecule has 0 spiro atoms. The molecule has 0 aliphatic rings. The second-order valence-corrected chi connectivity index (χ2v) is 3.74. The molecule has 0 radical (unpaired) electrons. The Balaban J connectivity index is 1.90. The lowest BCUT2D eigenvalue weighted by Crippen LogP contribution is -2.12. The van der Waals surface area contributed by atoms with Crippen molar-refractivity contribution in [3.05, 3.63) is 36.4 Å². The summed E-state index contributed by atoms with van der Waals surface area (Å²) in [5.74, 6) is 0.217. The number of nitrogen functional groups attached to an aromatic ring is 1. The predicted octanol–water partition coefficient (Wildman–Crippen LogP) is 0.582. The van der Waals surface area contributed by atoms with Crippen LogP contribution in [0.1, 0.15) is 10.4 Å². The van der Waals surface area contributed by atoms with Crippen molar-refractivity contribution >= 4 is 28.8 Å². The van der Waals surface area contributed by atoms with Gasteiger partial charge < -0.3 is 10.7 Å². The molecule has 94 valence electrons. The minimum atomic E-state index is -0.321. The Hall–Kier alpha value is -3.03. The van der Waals surface area contributed by atoms with E-state index in [1.54, 1.807) is 18.3 Å². The standard InChI is InChI=1S/C11H9N7O/c12-8-7-9(15-5-14-8)17-11(16-7)18-10(19)6-2-1-3-13-4-6/h1-5H,(H4,12,14,15,16,17,18,19). The third-order valence-electron chi connectivity index (χ3n) is 2.47. The van der Waals surface area contributed by atoms with Gasteiger partial charge in [-0.05, 0) is 12.1 Å². The summed E-state index contributed by atoms with van der Waals surface area (Å²) in [5, 5.41) is 2.61. The number of fused-ring (bicyclic) bond motifs is 1. The highest BCUT2D eigenvalue weighted by Crippen LogP contribution is 2.16. The molecule has 0 aromatic carbocycles. The molecule has 1 amide bonds. The SMILES string of the molecule is Nc1ncnc2nc(NC(=O)c3cccnc3)[nH]c12. The average Bonchev–Trinajstić information content (AvgIpc) is 2.84. The van der Waals surface area contributed by atoms with Gasteiger partial charge >= 0.3 is 0 Å². The van der Waals surface area contributed by atoms with Crippen LogP contribution in [0, 0.1) is 0 Å². The van der Waals surface area contributed by atoms with Crippen molar-refractivity contribution in [3.8, 4) is 0 Å². The van der Waals surface area contributed by atoms with Crippen LogP contribution in [0.15, 0.2) is 30.9 Å². The van der Waals surface area contributed by atoms with E-state index < -0.39 is 0 Å². The molecule has 0 fully saturated rings. The first kappa shape index (κ1) is 11.1. The monoisotopic (exact) mass is 255 g/mol. The summed E-state index contributed by atoms with van der Waals surface area (Å²) in [4.78, 5) is 30.5. The van der Waals surface area contributed by atoms with E-state index in [4.69, 9.17) is 5.73 Å². The molecule has 0 bridgehead atoms. The van der Waals surface area contributed by atoms with Crippen molar-refractivity contribution in [2.75, 3.05) is 11.1 Å². The number of anilines is 2. The van der Waals surface area contributed by atoms with E-state index in [9.17, 15) is 4.79 Å². The number of carbonyl (C=O) groups is 1. The summed E-state index contributed by atoms with van der Waals surface area (Å²) < 4.78 is 0. The van der Waals surface area contributed by atoms with Crippen molar-refractivity contribution < 1.29 is 4.79 Å². The van der Waals surface area contributed by atoms with Crippen LogP contribution in [0.25, 0.3) is 11.2 Å². The Morgan fingerprint density at radius 2 is 2.26 bits per heavy atom. The van der Waals surface area contributed by atoms with E-state index in [0.717, 1.165) is 0 Å². The molecule has 3 aromatic heterocycles. The molecule has 3 rings (SSSR count). The van der Waals surface area contributed by atoms with Gasteiger partial charge in [0.2, 0.25) is 5.95 Å². The Morgan fingerprint density at radius 3 is 3.00 bits per heavy atom. The number of nitrogens with one attached hydrogen (secondary N) is 2. The normalized spacial score (nSPS) is 10.5. The fraction of sp³-hybridized carbons (Fsp3) is 0. The summed E-state index contributed by atoms with van der Waals surface area (Å²) in [7, 11) is 0. The molecular weight excluding hydrogens is 246 g/mol. The zero-order valence-electron chi connectivity index (χ0n) is 9.66. The van der Waals surface area contributed by atoms with Crippen molar-refractivity contribution in [3.63, 3.8) is 0 Å². The number of aromatic amines is 1. The maximum absolute atomic E-state index is 11.9. The number of H-pyrrole nitrogens is 1. The molecule has 3 heterocycles. The third kappa shape index (κ3) is 2.06. The number of amides is 1. The number of hydrogen-bond donors (Lipinski definition) is 3. The van der Waals surface area contributed by atoms with Crippen molar-refractivity contribution in [2.45, 2.75) is 0 Å². The quantitative estimate of drug-likeness (QED) is 0.615. The largest absolute Gasteiger partial charge is 0.382 e. The van der Waals surface area contributed by atoms with E-state index in [-0.39, 0.29) is 17.7 Å². The number of rotatable bonds is 2. The van der Waals surface area contributed by atoms with E-state index in [2.05, 4.69) is 30.2 Å². The van der Waals surface area contributed by atoms with E-state index >= 15 is 0 Å². The van der Waals surface area contributed by atoms with E-state index in [0.29, 0.717) is 16.7 Å². The van der Waals surface area contributed by atoms with Crippen LogP contribution in [-0.4, -0.2) is 30.8 Å². The number of pyridine rings is 1. The maximum Gasteiger partial charge on any atom is 0.259 e. The van der Waals surface area contributed by atoms with Crippen LogP contribution >= 0.6 is 0 Å². The molecule has 0 atom stereocenters. The van der Waals surface area contributed by atoms with Crippen molar-refractivity contribution in [2.24, 2.45) is 0 Å². The fourth-order valence-corrected chi connectivity index (χ4v) is 1.58. The second-order valence-electron chi connectivity index (χ2n) is 3.74. The second kappa shape index (κ2) is 4.33. The van der Waals surface area contributed by atoms with Gasteiger partial charge in [0.1, 0.15) is 11.8 Å². The summed E-state index contributed by atoms with van der Waals surface area (Å²) in [5.41, 5.74) is 6.99. The summed E-state index contributed by atoms with van der Waals surface area (Å²) >= 11 is 0. The van der Waals surface area contributed by atoms with E-state index in [1.165, 1.54) is 12.5 Å². The van der Waals surface area contributed by atoms with Crippen molar-refractivity contribution in [1.82, 2.24) is 24.9 Å². The van der Waals surface area contributed by atoms with Crippen LogP contribution in [0.3, 0.4) is 0 Å². The van der Waals surface area contributed by atoms with Gasteiger partial charge in [-0.15, -0.1) is 0 Å².